The topological polar surface area (TPSA) is 84.7 Å². The minimum atomic E-state index is -4.56. The van der Waals surface area contributed by atoms with Crippen LogP contribution in [0.3, 0.4) is 0 Å². The number of rotatable bonds is 9. The van der Waals surface area contributed by atoms with E-state index in [-0.39, 0.29) is 24.1 Å². The molecule has 0 bridgehead atoms. The third-order valence-electron chi connectivity index (χ3n) is 6.51. The van der Waals surface area contributed by atoms with Gasteiger partial charge in [-0.1, -0.05) is 19.1 Å². The van der Waals surface area contributed by atoms with Crippen LogP contribution in [-0.4, -0.2) is 31.1 Å². The molecule has 2 aromatic heterocycles. The smallest absolute Gasteiger partial charge is 0.340 e. The van der Waals surface area contributed by atoms with Gasteiger partial charge in [-0.2, -0.15) is 23.0 Å². The number of nitrogens with one attached hydrogen (secondary N) is 2. The second-order valence-electron chi connectivity index (χ2n) is 11.2. The quantitative estimate of drug-likeness (QED) is 0.215. The Morgan fingerprint density at radius 3 is 2.39 bits per heavy atom. The maximum absolute atomic E-state index is 13.7. The van der Waals surface area contributed by atoms with E-state index in [2.05, 4.69) is 25.7 Å². The standard InChI is InChI=1S/C31H35F3N6O/c1-7-25-16-28(36-18-35-25)40-29(10-20(3)39-40)38-26-13-21(9-8-19(26)2)14-27(41)23-11-22(17-37-30(4,5)6)12-24(15-23)31(32,33)34/h8-13,15-16,18,37-38H,7,14,17H2,1-6H3. The summed E-state index contributed by atoms with van der Waals surface area (Å²) in [7, 11) is 0. The molecule has 0 saturated heterocycles. The lowest BCUT2D eigenvalue weighted by atomic mass is 9.97. The van der Waals surface area contributed by atoms with Crippen LogP contribution in [0.25, 0.3) is 5.82 Å². The summed E-state index contributed by atoms with van der Waals surface area (Å²) < 4.78 is 42.7. The van der Waals surface area contributed by atoms with Crippen molar-refractivity contribution < 1.29 is 18.0 Å². The van der Waals surface area contributed by atoms with Crippen molar-refractivity contribution in [3.8, 4) is 5.82 Å². The summed E-state index contributed by atoms with van der Waals surface area (Å²) >= 11 is 0. The number of hydrogen-bond donors (Lipinski definition) is 2. The number of aromatic nitrogens is 4. The maximum atomic E-state index is 13.7. The van der Waals surface area contributed by atoms with Crippen LogP contribution in [0.1, 0.15) is 71.7 Å². The van der Waals surface area contributed by atoms with Crippen molar-refractivity contribution in [1.82, 2.24) is 25.1 Å². The fourth-order valence-corrected chi connectivity index (χ4v) is 4.28. The van der Waals surface area contributed by atoms with Gasteiger partial charge >= 0.3 is 6.18 Å². The molecule has 4 aromatic rings. The molecular formula is C31H35F3N6O. The molecule has 0 aliphatic rings. The number of halogens is 3. The monoisotopic (exact) mass is 564 g/mol. The number of alkyl halides is 3. The van der Waals surface area contributed by atoms with Crippen LogP contribution >= 0.6 is 0 Å². The Morgan fingerprint density at radius 2 is 1.71 bits per heavy atom. The molecule has 216 valence electrons. The van der Waals surface area contributed by atoms with Crippen molar-refractivity contribution in [3.05, 3.63) is 94.1 Å². The van der Waals surface area contributed by atoms with Gasteiger partial charge in [0.2, 0.25) is 0 Å². The second-order valence-corrected chi connectivity index (χ2v) is 11.2. The van der Waals surface area contributed by atoms with Gasteiger partial charge in [0, 0.05) is 47.6 Å². The summed E-state index contributed by atoms with van der Waals surface area (Å²) in [6, 6.07) is 12.9. The highest BCUT2D eigenvalue weighted by atomic mass is 19.4. The zero-order valence-corrected chi connectivity index (χ0v) is 24.1. The summed E-state index contributed by atoms with van der Waals surface area (Å²) in [5.41, 5.74) is 3.34. The minimum absolute atomic E-state index is 0.0322. The van der Waals surface area contributed by atoms with Crippen molar-refractivity contribution in [2.24, 2.45) is 0 Å². The molecule has 0 aliphatic carbocycles. The molecule has 10 heteroatoms. The number of carbonyl (C=O) groups is 1. The number of ketones is 1. The first-order chi connectivity index (χ1) is 19.2. The van der Waals surface area contributed by atoms with Crippen molar-refractivity contribution in [2.75, 3.05) is 5.32 Å². The van der Waals surface area contributed by atoms with Crippen molar-refractivity contribution >= 4 is 17.3 Å². The number of hydrogen-bond acceptors (Lipinski definition) is 6. The Labute approximate surface area is 238 Å². The first kappa shape index (κ1) is 29.9. The number of Topliss-reactive ketones (excluding diaryl/α,β-unsaturated/α-hetero) is 1. The maximum Gasteiger partial charge on any atom is 0.416 e. The molecule has 0 aliphatic heterocycles. The summed E-state index contributed by atoms with van der Waals surface area (Å²) in [4.78, 5) is 21.9. The summed E-state index contributed by atoms with van der Waals surface area (Å²) in [5, 5.41) is 11.2. The molecular weight excluding hydrogens is 529 g/mol. The van der Waals surface area contributed by atoms with Gasteiger partial charge in [-0.05, 0) is 82.0 Å². The molecule has 0 fully saturated rings. The predicted octanol–water partition coefficient (Wildman–Crippen LogP) is 6.92. The highest BCUT2D eigenvalue weighted by Crippen LogP contribution is 2.32. The number of aryl methyl sites for hydroxylation is 3. The zero-order chi connectivity index (χ0) is 29.9. The number of carbonyl (C=O) groups excluding carboxylic acids is 1. The molecule has 0 amide bonds. The Morgan fingerprint density at radius 1 is 0.951 bits per heavy atom. The number of nitrogens with zero attached hydrogens (tertiary/aromatic N) is 4. The predicted molar refractivity (Wildman–Crippen MR) is 154 cm³/mol. The van der Waals surface area contributed by atoms with Crippen LogP contribution in [0.2, 0.25) is 0 Å². The third-order valence-corrected chi connectivity index (χ3v) is 6.51. The van der Waals surface area contributed by atoms with E-state index in [1.807, 2.05) is 71.9 Å². The minimum Gasteiger partial charge on any atom is -0.340 e. The Kier molecular flexibility index (Phi) is 8.63. The zero-order valence-electron chi connectivity index (χ0n) is 24.1. The lowest BCUT2D eigenvalue weighted by Crippen LogP contribution is -2.35. The van der Waals surface area contributed by atoms with Crippen LogP contribution in [0.15, 0.2) is 54.9 Å². The van der Waals surface area contributed by atoms with Crippen LogP contribution in [0.5, 0.6) is 0 Å². The molecule has 7 nitrogen and oxygen atoms in total. The van der Waals surface area contributed by atoms with Crippen LogP contribution < -0.4 is 10.6 Å². The van der Waals surface area contributed by atoms with Gasteiger partial charge in [0.15, 0.2) is 11.6 Å². The molecule has 0 atom stereocenters. The number of benzene rings is 2. The van der Waals surface area contributed by atoms with E-state index >= 15 is 0 Å². The lowest BCUT2D eigenvalue weighted by Gasteiger charge is -2.21. The lowest BCUT2D eigenvalue weighted by molar-refractivity contribution is -0.137. The Balaban J connectivity index is 1.60. The first-order valence-electron chi connectivity index (χ1n) is 13.5. The van der Waals surface area contributed by atoms with Crippen LogP contribution in [-0.2, 0) is 25.6 Å². The van der Waals surface area contributed by atoms with Gasteiger partial charge in [0.25, 0.3) is 0 Å². The van der Waals surface area contributed by atoms with E-state index < -0.39 is 17.5 Å². The van der Waals surface area contributed by atoms with E-state index in [9.17, 15) is 18.0 Å². The van der Waals surface area contributed by atoms with Crippen molar-refractivity contribution in [2.45, 2.75) is 72.6 Å². The van der Waals surface area contributed by atoms with E-state index in [4.69, 9.17) is 0 Å². The van der Waals surface area contributed by atoms with E-state index in [0.717, 1.165) is 41.2 Å². The van der Waals surface area contributed by atoms with E-state index in [1.165, 1.54) is 12.4 Å². The van der Waals surface area contributed by atoms with Gasteiger partial charge in [-0.15, -0.1) is 0 Å². The molecule has 4 rings (SSSR count). The van der Waals surface area contributed by atoms with Gasteiger partial charge < -0.3 is 10.6 Å². The van der Waals surface area contributed by atoms with Crippen molar-refractivity contribution in [3.63, 3.8) is 0 Å². The fourth-order valence-electron chi connectivity index (χ4n) is 4.28. The van der Waals surface area contributed by atoms with Crippen molar-refractivity contribution in [1.29, 1.82) is 0 Å². The molecule has 2 heterocycles. The molecule has 0 radical (unpaired) electrons. The summed E-state index contributed by atoms with van der Waals surface area (Å²) in [6.45, 7) is 11.8. The molecule has 0 unspecified atom stereocenters. The SMILES string of the molecule is CCc1cc(-n2nc(C)cc2Nc2cc(CC(=O)c3cc(CNC(C)(C)C)cc(C(F)(F)F)c3)ccc2C)ncn1. The number of anilines is 2. The van der Waals surface area contributed by atoms with Gasteiger partial charge in [-0.3, -0.25) is 4.79 Å². The highest BCUT2D eigenvalue weighted by Gasteiger charge is 2.32. The normalized spacial score (nSPS) is 12.0. The van der Waals surface area contributed by atoms with Crippen LogP contribution in [0, 0.1) is 13.8 Å². The van der Waals surface area contributed by atoms with Gasteiger partial charge in [0.05, 0.1) is 11.3 Å². The average Bonchev–Trinajstić information content (AvgIpc) is 3.28. The third kappa shape index (κ3) is 7.79. The molecule has 0 saturated carbocycles. The first-order valence-corrected chi connectivity index (χ1v) is 13.5. The summed E-state index contributed by atoms with van der Waals surface area (Å²) in [5.74, 6) is 0.915. The summed E-state index contributed by atoms with van der Waals surface area (Å²) in [6.07, 6.45) is -2.35. The largest absolute Gasteiger partial charge is 0.416 e. The van der Waals surface area contributed by atoms with E-state index in [0.29, 0.717) is 22.8 Å². The fraction of sp³-hybridized carbons (Fsp3) is 0.355. The van der Waals surface area contributed by atoms with Crippen LogP contribution in [0.4, 0.5) is 24.7 Å². The molecule has 0 spiro atoms. The highest BCUT2D eigenvalue weighted by molar-refractivity contribution is 5.98. The second kappa shape index (κ2) is 11.8. The Bertz CT molecular complexity index is 1550. The van der Waals surface area contributed by atoms with Gasteiger partial charge in [-0.25, -0.2) is 9.97 Å². The molecule has 2 aromatic carbocycles. The molecule has 2 N–H and O–H groups in total. The Hall–Kier alpha value is -4.05. The molecule has 41 heavy (non-hydrogen) atoms. The van der Waals surface area contributed by atoms with Gasteiger partial charge in [0.1, 0.15) is 12.1 Å². The van der Waals surface area contributed by atoms with E-state index in [1.54, 1.807) is 4.68 Å². The average molecular weight is 565 g/mol.